The highest BCUT2D eigenvalue weighted by Crippen LogP contribution is 2.23. The molecule has 0 spiro atoms. The van der Waals surface area contributed by atoms with E-state index in [-0.39, 0.29) is 18.4 Å². The number of aromatic nitrogens is 2. The topological polar surface area (TPSA) is 78.9 Å². The van der Waals surface area contributed by atoms with Gasteiger partial charge in [-0.2, -0.15) is 0 Å². The fourth-order valence-corrected chi connectivity index (χ4v) is 4.59. The van der Waals surface area contributed by atoms with Gasteiger partial charge in [-0.15, -0.1) is 10.2 Å². The van der Waals surface area contributed by atoms with Crippen molar-refractivity contribution < 1.29 is 14.3 Å². The molecule has 1 aromatic heterocycles. The monoisotopic (exact) mass is 515 g/mol. The van der Waals surface area contributed by atoms with E-state index in [1.165, 1.54) is 0 Å². The molecule has 0 radical (unpaired) electrons. The number of methoxy groups -OCH3 is 1. The molecule has 8 heteroatoms. The van der Waals surface area contributed by atoms with Crippen LogP contribution in [0.5, 0.6) is 5.75 Å². The van der Waals surface area contributed by atoms with E-state index in [1.807, 2.05) is 72.5 Å². The summed E-state index contributed by atoms with van der Waals surface area (Å²) in [4.78, 5) is 32.3. The molecule has 2 amide bonds. The Morgan fingerprint density at radius 3 is 2.42 bits per heavy atom. The first kappa shape index (κ1) is 27.1. The van der Waals surface area contributed by atoms with Crippen molar-refractivity contribution in [3.63, 3.8) is 0 Å². The maximum atomic E-state index is 13.4. The van der Waals surface area contributed by atoms with Crippen LogP contribution < -0.4 is 9.64 Å². The van der Waals surface area contributed by atoms with Gasteiger partial charge in [0.2, 0.25) is 5.91 Å². The van der Waals surface area contributed by atoms with Gasteiger partial charge in [0.1, 0.15) is 12.3 Å². The highest BCUT2D eigenvalue weighted by molar-refractivity contribution is 5.97. The summed E-state index contributed by atoms with van der Waals surface area (Å²) >= 11 is 0. The first-order valence-electron chi connectivity index (χ1n) is 13.2. The molecule has 1 fully saturated rings. The molecule has 0 aliphatic carbocycles. The number of hydrogen-bond donors (Lipinski definition) is 0. The summed E-state index contributed by atoms with van der Waals surface area (Å²) in [5.74, 6) is 1.77. The van der Waals surface area contributed by atoms with Gasteiger partial charge in [0.05, 0.1) is 12.8 Å². The molecule has 2 aromatic carbocycles. The van der Waals surface area contributed by atoms with E-state index in [0.717, 1.165) is 34.8 Å². The number of hydrogen-bond acceptors (Lipinski definition) is 6. The second kappa shape index (κ2) is 12.5. The Labute approximate surface area is 225 Å². The molecule has 0 N–H and O–H groups in total. The van der Waals surface area contributed by atoms with E-state index in [1.54, 1.807) is 12.0 Å². The highest BCUT2D eigenvalue weighted by atomic mass is 16.5. The van der Waals surface area contributed by atoms with E-state index < -0.39 is 0 Å². The predicted octanol–water partition coefficient (Wildman–Crippen LogP) is 4.30. The Morgan fingerprint density at radius 2 is 1.76 bits per heavy atom. The number of piperazine rings is 1. The molecule has 0 saturated carbocycles. The van der Waals surface area contributed by atoms with Gasteiger partial charge in [-0.3, -0.25) is 9.59 Å². The number of nitrogens with zero attached hydrogens (tertiary/aromatic N) is 5. The summed E-state index contributed by atoms with van der Waals surface area (Å²) in [7, 11) is 1.64. The number of carbonyl (C=O) groups is 2. The van der Waals surface area contributed by atoms with Gasteiger partial charge in [-0.1, -0.05) is 50.6 Å². The lowest BCUT2D eigenvalue weighted by molar-refractivity contribution is -0.132. The maximum absolute atomic E-state index is 13.4. The number of rotatable bonds is 9. The fourth-order valence-electron chi connectivity index (χ4n) is 4.59. The third kappa shape index (κ3) is 6.49. The fraction of sp³-hybridized carbons (Fsp3) is 0.400. The SMILES string of the molecule is CC[C@@H](C)CN(CC(=O)N1CCN(c2ccc(-c3cccc(OC)c3)nn2)CC1)C(=O)c1ccccc1C. The smallest absolute Gasteiger partial charge is 0.254 e. The zero-order chi connectivity index (χ0) is 27.1. The molecule has 1 atom stereocenters. The van der Waals surface area contributed by atoms with Gasteiger partial charge in [0, 0.05) is 43.9 Å². The molecule has 2 heterocycles. The summed E-state index contributed by atoms with van der Waals surface area (Å²) in [5, 5.41) is 8.85. The van der Waals surface area contributed by atoms with Crippen LogP contribution in [0.2, 0.25) is 0 Å². The van der Waals surface area contributed by atoms with Crippen molar-refractivity contribution in [3.05, 3.63) is 71.8 Å². The molecule has 3 aromatic rings. The van der Waals surface area contributed by atoms with Gasteiger partial charge < -0.3 is 19.4 Å². The van der Waals surface area contributed by atoms with Crippen molar-refractivity contribution in [1.82, 2.24) is 20.0 Å². The first-order chi connectivity index (χ1) is 18.4. The zero-order valence-corrected chi connectivity index (χ0v) is 22.8. The molecular formula is C30H37N5O3. The Balaban J connectivity index is 1.37. The standard InChI is InChI=1S/C30H37N5O3/c1-5-22(2)20-35(30(37)26-12-7-6-9-23(26)3)21-29(36)34-17-15-33(16-18-34)28-14-13-27(31-32-28)24-10-8-11-25(19-24)38-4/h6-14,19,22H,5,15-18,20-21H2,1-4H3/t22-/m1/s1. The maximum Gasteiger partial charge on any atom is 0.254 e. The Kier molecular flexibility index (Phi) is 8.94. The summed E-state index contributed by atoms with van der Waals surface area (Å²) < 4.78 is 5.30. The highest BCUT2D eigenvalue weighted by Gasteiger charge is 2.27. The second-order valence-corrected chi connectivity index (χ2v) is 9.89. The zero-order valence-electron chi connectivity index (χ0n) is 22.8. The lowest BCUT2D eigenvalue weighted by Crippen LogP contribution is -2.52. The van der Waals surface area contributed by atoms with Crippen LogP contribution in [0.3, 0.4) is 0 Å². The lowest BCUT2D eigenvalue weighted by Gasteiger charge is -2.36. The number of aryl methyl sites for hydroxylation is 1. The lowest BCUT2D eigenvalue weighted by atomic mass is 10.1. The summed E-state index contributed by atoms with van der Waals surface area (Å²) in [5.41, 5.74) is 3.30. The van der Waals surface area contributed by atoms with Gasteiger partial charge in [0.25, 0.3) is 5.91 Å². The molecule has 0 bridgehead atoms. The number of ether oxygens (including phenoxy) is 1. The van der Waals surface area contributed by atoms with E-state index in [9.17, 15) is 9.59 Å². The van der Waals surface area contributed by atoms with Crippen LogP contribution in [0.15, 0.2) is 60.7 Å². The largest absolute Gasteiger partial charge is 0.497 e. The third-order valence-electron chi connectivity index (χ3n) is 7.19. The quantitative estimate of drug-likeness (QED) is 0.423. The van der Waals surface area contributed by atoms with Crippen molar-refractivity contribution >= 4 is 17.6 Å². The van der Waals surface area contributed by atoms with Crippen molar-refractivity contribution in [3.8, 4) is 17.0 Å². The van der Waals surface area contributed by atoms with Crippen LogP contribution in [0, 0.1) is 12.8 Å². The Bertz CT molecular complexity index is 1240. The summed E-state index contributed by atoms with van der Waals surface area (Å²) in [6, 6.07) is 19.2. The minimum atomic E-state index is -0.0817. The van der Waals surface area contributed by atoms with E-state index in [2.05, 4.69) is 28.9 Å². The van der Waals surface area contributed by atoms with Gasteiger partial charge in [-0.05, 0) is 48.7 Å². The minimum Gasteiger partial charge on any atom is -0.497 e. The molecule has 0 unspecified atom stereocenters. The minimum absolute atomic E-state index is 0.0191. The molecule has 1 saturated heterocycles. The van der Waals surface area contributed by atoms with E-state index in [4.69, 9.17) is 4.74 Å². The van der Waals surface area contributed by atoms with Crippen LogP contribution in [0.1, 0.15) is 36.2 Å². The third-order valence-corrected chi connectivity index (χ3v) is 7.19. The van der Waals surface area contributed by atoms with E-state index in [0.29, 0.717) is 44.2 Å². The summed E-state index contributed by atoms with van der Waals surface area (Å²) in [6.07, 6.45) is 0.946. The van der Waals surface area contributed by atoms with Crippen LogP contribution in [-0.2, 0) is 4.79 Å². The molecule has 8 nitrogen and oxygen atoms in total. The van der Waals surface area contributed by atoms with Crippen LogP contribution in [0.25, 0.3) is 11.3 Å². The molecule has 200 valence electrons. The second-order valence-electron chi connectivity index (χ2n) is 9.89. The van der Waals surface area contributed by atoms with E-state index >= 15 is 0 Å². The van der Waals surface area contributed by atoms with Crippen molar-refractivity contribution in [2.45, 2.75) is 27.2 Å². The van der Waals surface area contributed by atoms with Crippen molar-refractivity contribution in [1.29, 1.82) is 0 Å². The van der Waals surface area contributed by atoms with Crippen molar-refractivity contribution in [2.75, 3.05) is 51.3 Å². The molecule has 4 rings (SSSR count). The normalized spacial score (nSPS) is 14.2. The van der Waals surface area contributed by atoms with Crippen LogP contribution in [-0.4, -0.2) is 78.2 Å². The van der Waals surface area contributed by atoms with Gasteiger partial charge in [-0.25, -0.2) is 0 Å². The molecule has 38 heavy (non-hydrogen) atoms. The van der Waals surface area contributed by atoms with Gasteiger partial charge >= 0.3 is 0 Å². The Hall–Kier alpha value is -3.94. The van der Waals surface area contributed by atoms with Crippen LogP contribution in [0.4, 0.5) is 5.82 Å². The first-order valence-corrected chi connectivity index (χ1v) is 13.2. The predicted molar refractivity (Wildman–Crippen MR) is 149 cm³/mol. The Morgan fingerprint density at radius 1 is 1.00 bits per heavy atom. The molecular weight excluding hydrogens is 478 g/mol. The van der Waals surface area contributed by atoms with Crippen LogP contribution >= 0.6 is 0 Å². The average molecular weight is 516 g/mol. The number of anilines is 1. The van der Waals surface area contributed by atoms with Gasteiger partial charge in [0.15, 0.2) is 5.82 Å². The number of amides is 2. The molecule has 1 aliphatic rings. The number of carbonyl (C=O) groups excluding carboxylic acids is 2. The summed E-state index contributed by atoms with van der Waals surface area (Å²) in [6.45, 7) is 9.28. The van der Waals surface area contributed by atoms with Crippen molar-refractivity contribution in [2.24, 2.45) is 5.92 Å². The molecule has 1 aliphatic heterocycles. The average Bonchev–Trinajstić information content (AvgIpc) is 2.96. The number of benzene rings is 2.